The van der Waals surface area contributed by atoms with Crippen molar-refractivity contribution < 1.29 is 14.4 Å². The van der Waals surface area contributed by atoms with E-state index in [-0.39, 0.29) is 5.89 Å². The Morgan fingerprint density at radius 1 is 1.67 bits per heavy atom. The molecule has 0 spiro atoms. The minimum atomic E-state index is -0.700. The molecule has 0 amide bonds. The first-order chi connectivity index (χ1) is 5.74. The lowest BCUT2D eigenvalue weighted by Gasteiger charge is -1.92. The molecule has 1 rings (SSSR count). The number of rotatable bonds is 4. The maximum Gasteiger partial charge on any atom is 0.255 e. The molecule has 0 fully saturated rings. The second kappa shape index (κ2) is 4.18. The van der Waals surface area contributed by atoms with E-state index in [0.717, 1.165) is 0 Å². The molecule has 1 heterocycles. The number of hydrogen-bond donors (Lipinski definition) is 1. The minimum Gasteiger partial charge on any atom is -0.384 e. The molecule has 1 aromatic heterocycles. The van der Waals surface area contributed by atoms with Gasteiger partial charge in [0.05, 0.1) is 6.61 Å². The summed E-state index contributed by atoms with van der Waals surface area (Å²) in [7, 11) is 1.61. The fraction of sp³-hybridized carbons (Fsp3) is 0.714. The second-order valence-corrected chi connectivity index (χ2v) is 2.47. The van der Waals surface area contributed by atoms with Crippen molar-refractivity contribution in [2.24, 2.45) is 0 Å². The predicted molar refractivity (Wildman–Crippen MR) is 40.5 cm³/mol. The van der Waals surface area contributed by atoms with Crippen LogP contribution in [0.25, 0.3) is 0 Å². The van der Waals surface area contributed by atoms with Crippen LogP contribution in [0.1, 0.15) is 24.7 Å². The second-order valence-electron chi connectivity index (χ2n) is 2.47. The van der Waals surface area contributed by atoms with Crippen LogP contribution >= 0.6 is 0 Å². The molecule has 1 atom stereocenters. The van der Waals surface area contributed by atoms with Gasteiger partial charge in [0.2, 0.25) is 0 Å². The number of ether oxygens (including phenoxy) is 1. The molecule has 0 aromatic carbocycles. The largest absolute Gasteiger partial charge is 0.384 e. The van der Waals surface area contributed by atoms with Crippen molar-refractivity contribution in [3.05, 3.63) is 11.7 Å². The lowest BCUT2D eigenvalue weighted by molar-refractivity contribution is 0.151. The van der Waals surface area contributed by atoms with Crippen LogP contribution in [-0.4, -0.2) is 29.0 Å². The Kier molecular flexibility index (Phi) is 3.19. The van der Waals surface area contributed by atoms with E-state index >= 15 is 0 Å². The van der Waals surface area contributed by atoms with Crippen LogP contribution in [-0.2, 0) is 11.2 Å². The highest BCUT2D eigenvalue weighted by Gasteiger charge is 2.10. The summed E-state index contributed by atoms with van der Waals surface area (Å²) in [6.45, 7) is 2.13. The lowest BCUT2D eigenvalue weighted by Crippen LogP contribution is -1.97. The first-order valence-corrected chi connectivity index (χ1v) is 3.73. The van der Waals surface area contributed by atoms with Crippen LogP contribution in [0, 0.1) is 0 Å². The molecule has 0 radical (unpaired) electrons. The maximum absolute atomic E-state index is 9.03. The van der Waals surface area contributed by atoms with Crippen LogP contribution in [0.3, 0.4) is 0 Å². The molecule has 0 saturated heterocycles. The van der Waals surface area contributed by atoms with Crippen molar-refractivity contribution in [2.45, 2.75) is 19.4 Å². The van der Waals surface area contributed by atoms with E-state index in [0.29, 0.717) is 18.9 Å². The van der Waals surface area contributed by atoms with E-state index in [1.54, 1.807) is 14.0 Å². The fourth-order valence-corrected chi connectivity index (χ4v) is 0.732. The normalized spacial score (nSPS) is 13.2. The summed E-state index contributed by atoms with van der Waals surface area (Å²) in [5.74, 6) is 0.814. The van der Waals surface area contributed by atoms with E-state index in [2.05, 4.69) is 10.1 Å². The molecule has 5 heteroatoms. The van der Waals surface area contributed by atoms with Crippen molar-refractivity contribution in [1.82, 2.24) is 10.1 Å². The van der Waals surface area contributed by atoms with Crippen LogP contribution in [0.4, 0.5) is 0 Å². The molecule has 1 aromatic rings. The first kappa shape index (κ1) is 9.15. The molecule has 0 aliphatic carbocycles. The number of nitrogens with zero attached hydrogens (tertiary/aromatic N) is 2. The summed E-state index contributed by atoms with van der Waals surface area (Å²) in [5.41, 5.74) is 0. The quantitative estimate of drug-likeness (QED) is 0.708. The third-order valence-electron chi connectivity index (χ3n) is 1.37. The Labute approximate surface area is 70.3 Å². The zero-order valence-electron chi connectivity index (χ0n) is 7.15. The Morgan fingerprint density at radius 3 is 2.92 bits per heavy atom. The van der Waals surface area contributed by atoms with Crippen LogP contribution < -0.4 is 0 Å². The third kappa shape index (κ3) is 2.28. The SMILES string of the molecule is COCCc1noc(C(C)O)n1. The Hall–Kier alpha value is -0.940. The summed E-state index contributed by atoms with van der Waals surface area (Å²) < 4.78 is 9.59. The summed E-state index contributed by atoms with van der Waals surface area (Å²) in [4.78, 5) is 3.94. The van der Waals surface area contributed by atoms with E-state index in [1.165, 1.54) is 0 Å². The van der Waals surface area contributed by atoms with Crippen LogP contribution in [0.2, 0.25) is 0 Å². The monoisotopic (exact) mass is 172 g/mol. The highest BCUT2D eigenvalue weighted by Crippen LogP contribution is 2.08. The highest BCUT2D eigenvalue weighted by atomic mass is 16.5. The third-order valence-corrected chi connectivity index (χ3v) is 1.37. The average Bonchev–Trinajstić information content (AvgIpc) is 2.48. The zero-order valence-corrected chi connectivity index (χ0v) is 7.15. The van der Waals surface area contributed by atoms with Gasteiger partial charge in [-0.2, -0.15) is 4.98 Å². The Balaban J connectivity index is 2.52. The van der Waals surface area contributed by atoms with E-state index in [9.17, 15) is 0 Å². The highest BCUT2D eigenvalue weighted by molar-refractivity contribution is 4.88. The van der Waals surface area contributed by atoms with Crippen molar-refractivity contribution in [2.75, 3.05) is 13.7 Å². The van der Waals surface area contributed by atoms with E-state index in [4.69, 9.17) is 14.4 Å². The fourth-order valence-electron chi connectivity index (χ4n) is 0.732. The molecule has 0 saturated carbocycles. The molecule has 5 nitrogen and oxygen atoms in total. The smallest absolute Gasteiger partial charge is 0.255 e. The predicted octanol–water partition coefficient (Wildman–Crippen LogP) is 0.312. The van der Waals surface area contributed by atoms with Gasteiger partial charge in [0.1, 0.15) is 6.10 Å². The molecule has 0 bridgehead atoms. The number of hydrogen-bond acceptors (Lipinski definition) is 5. The molecule has 1 N–H and O–H groups in total. The Morgan fingerprint density at radius 2 is 2.42 bits per heavy atom. The first-order valence-electron chi connectivity index (χ1n) is 3.73. The van der Waals surface area contributed by atoms with Gasteiger partial charge in [-0.15, -0.1) is 0 Å². The molecule has 0 aliphatic heterocycles. The number of aromatic nitrogens is 2. The summed E-state index contributed by atoms with van der Waals surface area (Å²) in [6, 6.07) is 0. The molecule has 12 heavy (non-hydrogen) atoms. The molecule has 0 aliphatic rings. The standard InChI is InChI=1S/C7H12N2O3/c1-5(10)7-8-6(9-12-7)3-4-11-2/h5,10H,3-4H2,1-2H3. The molecular weight excluding hydrogens is 160 g/mol. The maximum atomic E-state index is 9.03. The van der Waals surface area contributed by atoms with E-state index in [1.807, 2.05) is 0 Å². The number of aliphatic hydroxyl groups excluding tert-OH is 1. The number of methoxy groups -OCH3 is 1. The van der Waals surface area contributed by atoms with Crippen LogP contribution in [0.15, 0.2) is 4.52 Å². The molecular formula is C7H12N2O3. The lowest BCUT2D eigenvalue weighted by atomic mass is 10.4. The average molecular weight is 172 g/mol. The van der Waals surface area contributed by atoms with Gasteiger partial charge in [-0.25, -0.2) is 0 Å². The van der Waals surface area contributed by atoms with Gasteiger partial charge >= 0.3 is 0 Å². The summed E-state index contributed by atoms with van der Waals surface area (Å²) in [5, 5.41) is 12.7. The van der Waals surface area contributed by atoms with Crippen molar-refractivity contribution >= 4 is 0 Å². The van der Waals surface area contributed by atoms with Gasteiger partial charge in [-0.3, -0.25) is 0 Å². The van der Waals surface area contributed by atoms with Gasteiger partial charge in [-0.05, 0) is 6.92 Å². The van der Waals surface area contributed by atoms with Gasteiger partial charge in [-0.1, -0.05) is 5.16 Å². The summed E-state index contributed by atoms with van der Waals surface area (Å²) >= 11 is 0. The van der Waals surface area contributed by atoms with Crippen molar-refractivity contribution in [3.63, 3.8) is 0 Å². The van der Waals surface area contributed by atoms with Crippen LogP contribution in [0.5, 0.6) is 0 Å². The zero-order chi connectivity index (χ0) is 8.97. The van der Waals surface area contributed by atoms with Crippen molar-refractivity contribution in [3.8, 4) is 0 Å². The van der Waals surface area contributed by atoms with E-state index < -0.39 is 6.10 Å². The van der Waals surface area contributed by atoms with Gasteiger partial charge in [0.25, 0.3) is 5.89 Å². The Bertz CT molecular complexity index is 234. The number of aliphatic hydroxyl groups is 1. The van der Waals surface area contributed by atoms with Gasteiger partial charge < -0.3 is 14.4 Å². The molecule has 68 valence electrons. The van der Waals surface area contributed by atoms with Crippen molar-refractivity contribution in [1.29, 1.82) is 0 Å². The van der Waals surface area contributed by atoms with Gasteiger partial charge in [0, 0.05) is 13.5 Å². The van der Waals surface area contributed by atoms with Gasteiger partial charge in [0.15, 0.2) is 5.82 Å². The minimum absolute atomic E-state index is 0.251. The topological polar surface area (TPSA) is 68.4 Å². The molecule has 1 unspecified atom stereocenters. The summed E-state index contributed by atoms with van der Waals surface area (Å²) in [6.07, 6.45) is -0.0963.